The van der Waals surface area contributed by atoms with E-state index >= 15 is 0 Å². The first-order valence-electron chi connectivity index (χ1n) is 3.39. The molecule has 0 saturated heterocycles. The lowest BCUT2D eigenvalue weighted by atomic mass is 10.1. The van der Waals surface area contributed by atoms with E-state index in [1.165, 1.54) is 6.07 Å². The molecule has 0 aliphatic rings. The van der Waals surface area contributed by atoms with E-state index in [9.17, 15) is 4.79 Å². The zero-order chi connectivity index (χ0) is 8.97. The minimum absolute atomic E-state index is 0.339. The second kappa shape index (κ2) is 3.54. The van der Waals surface area contributed by atoms with Gasteiger partial charge in [0.25, 0.3) is 6.47 Å². The van der Waals surface area contributed by atoms with Crippen LogP contribution in [0.25, 0.3) is 0 Å². The average molecular weight is 161 g/mol. The maximum atomic E-state index is 9.95. The molecule has 0 aliphatic heterocycles. The second-order valence-corrected chi connectivity index (χ2v) is 2.30. The summed E-state index contributed by atoms with van der Waals surface area (Å²) in [4.78, 5) is 9.95. The molecule has 0 fully saturated rings. The molecule has 0 heterocycles. The van der Waals surface area contributed by atoms with Gasteiger partial charge in [-0.1, -0.05) is 6.07 Å². The lowest BCUT2D eigenvalue weighted by Gasteiger charge is -1.99. The first-order chi connectivity index (χ1) is 5.77. The maximum absolute atomic E-state index is 9.95. The number of nitrogens with zero attached hydrogens (tertiary/aromatic N) is 1. The van der Waals surface area contributed by atoms with Crippen LogP contribution in [0.3, 0.4) is 0 Å². The molecule has 0 radical (unpaired) electrons. The Morgan fingerprint density at radius 2 is 2.33 bits per heavy atom. The lowest BCUT2D eigenvalue weighted by molar-refractivity contribution is -0.120. The van der Waals surface area contributed by atoms with Gasteiger partial charge in [0.05, 0.1) is 11.6 Å². The molecule has 3 heteroatoms. The van der Waals surface area contributed by atoms with E-state index in [2.05, 4.69) is 4.74 Å². The molecule has 0 bridgehead atoms. The van der Waals surface area contributed by atoms with Crippen LogP contribution in [0.1, 0.15) is 11.1 Å². The Hall–Kier alpha value is -1.82. The Labute approximate surface area is 70.2 Å². The van der Waals surface area contributed by atoms with Gasteiger partial charge < -0.3 is 4.74 Å². The van der Waals surface area contributed by atoms with Gasteiger partial charge in [-0.2, -0.15) is 5.26 Å². The minimum Gasteiger partial charge on any atom is -0.429 e. The number of aryl methyl sites for hydroxylation is 1. The number of hydrogen-bond acceptors (Lipinski definition) is 3. The van der Waals surface area contributed by atoms with Crippen molar-refractivity contribution in [1.82, 2.24) is 0 Å². The van der Waals surface area contributed by atoms with Gasteiger partial charge in [-0.3, -0.25) is 4.79 Å². The Morgan fingerprint density at radius 3 is 2.92 bits per heavy atom. The van der Waals surface area contributed by atoms with Crippen molar-refractivity contribution in [3.8, 4) is 11.8 Å². The van der Waals surface area contributed by atoms with Gasteiger partial charge in [0.15, 0.2) is 0 Å². The summed E-state index contributed by atoms with van der Waals surface area (Å²) in [6.45, 7) is 2.16. The summed E-state index contributed by atoms with van der Waals surface area (Å²) in [5.74, 6) is 0.396. The van der Waals surface area contributed by atoms with E-state index < -0.39 is 0 Å². The molecule has 3 nitrogen and oxygen atoms in total. The standard InChI is InChI=1S/C9H7NO2/c1-7-2-3-9(12-6-11)4-8(7)5-10/h2-4,6H,1H3. The normalized spacial score (nSPS) is 8.67. The molecule has 1 rings (SSSR count). The largest absolute Gasteiger partial charge is 0.429 e. The Kier molecular flexibility index (Phi) is 2.44. The van der Waals surface area contributed by atoms with Crippen molar-refractivity contribution in [3.63, 3.8) is 0 Å². The second-order valence-electron chi connectivity index (χ2n) is 2.30. The van der Waals surface area contributed by atoms with E-state index in [1.807, 2.05) is 13.0 Å². The summed E-state index contributed by atoms with van der Waals surface area (Å²) in [6.07, 6.45) is 0. The summed E-state index contributed by atoms with van der Waals surface area (Å²) in [7, 11) is 0. The van der Waals surface area contributed by atoms with Crippen LogP contribution in [0, 0.1) is 18.3 Å². The van der Waals surface area contributed by atoms with Gasteiger partial charge in [-0.15, -0.1) is 0 Å². The van der Waals surface area contributed by atoms with Crippen molar-refractivity contribution < 1.29 is 9.53 Å². The van der Waals surface area contributed by atoms with Crippen molar-refractivity contribution >= 4 is 6.47 Å². The summed E-state index contributed by atoms with van der Waals surface area (Å²) < 4.78 is 4.57. The molecular weight excluding hydrogens is 154 g/mol. The van der Waals surface area contributed by atoms with E-state index in [0.29, 0.717) is 17.8 Å². The van der Waals surface area contributed by atoms with Gasteiger partial charge in [0.1, 0.15) is 5.75 Å². The molecule has 0 spiro atoms. The molecule has 60 valence electrons. The number of rotatable bonds is 2. The van der Waals surface area contributed by atoms with Crippen molar-refractivity contribution in [2.45, 2.75) is 6.92 Å². The average Bonchev–Trinajstić information content (AvgIpc) is 2.09. The van der Waals surface area contributed by atoms with E-state index in [-0.39, 0.29) is 0 Å². The number of nitriles is 1. The predicted octanol–water partition coefficient (Wildman–Crippen LogP) is 1.40. The van der Waals surface area contributed by atoms with Crippen LogP contribution in [0.2, 0.25) is 0 Å². The van der Waals surface area contributed by atoms with Gasteiger partial charge in [-0.05, 0) is 24.6 Å². The summed E-state index contributed by atoms with van der Waals surface area (Å²) in [5.41, 5.74) is 1.39. The van der Waals surface area contributed by atoms with Gasteiger partial charge >= 0.3 is 0 Å². The van der Waals surface area contributed by atoms with Crippen molar-refractivity contribution in [2.75, 3.05) is 0 Å². The molecule has 0 N–H and O–H groups in total. The molecule has 12 heavy (non-hydrogen) atoms. The maximum Gasteiger partial charge on any atom is 0.298 e. The molecule has 0 atom stereocenters. The third-order valence-electron chi connectivity index (χ3n) is 1.51. The zero-order valence-corrected chi connectivity index (χ0v) is 6.57. The van der Waals surface area contributed by atoms with Gasteiger partial charge in [-0.25, -0.2) is 0 Å². The number of carbonyl (C=O) groups excluding carboxylic acids is 1. The van der Waals surface area contributed by atoms with Crippen LogP contribution in [-0.2, 0) is 4.79 Å². The smallest absolute Gasteiger partial charge is 0.298 e. The Morgan fingerprint density at radius 1 is 1.58 bits per heavy atom. The highest BCUT2D eigenvalue weighted by Gasteiger charge is 1.98. The lowest BCUT2D eigenvalue weighted by Crippen LogP contribution is -1.90. The third-order valence-corrected chi connectivity index (χ3v) is 1.51. The first-order valence-corrected chi connectivity index (χ1v) is 3.39. The van der Waals surface area contributed by atoms with Crippen LogP contribution in [0.15, 0.2) is 18.2 Å². The highest BCUT2D eigenvalue weighted by atomic mass is 16.5. The van der Waals surface area contributed by atoms with Crippen LogP contribution in [0.4, 0.5) is 0 Å². The third kappa shape index (κ3) is 1.61. The summed E-state index contributed by atoms with van der Waals surface area (Å²) in [6, 6.07) is 6.91. The van der Waals surface area contributed by atoms with Crippen LogP contribution in [-0.4, -0.2) is 6.47 Å². The zero-order valence-electron chi connectivity index (χ0n) is 6.57. The molecule has 0 saturated carbocycles. The van der Waals surface area contributed by atoms with E-state index in [1.54, 1.807) is 12.1 Å². The van der Waals surface area contributed by atoms with Crippen molar-refractivity contribution in [2.24, 2.45) is 0 Å². The van der Waals surface area contributed by atoms with Gasteiger partial charge in [0.2, 0.25) is 0 Å². The number of benzene rings is 1. The van der Waals surface area contributed by atoms with Crippen LogP contribution < -0.4 is 4.74 Å². The quantitative estimate of drug-likeness (QED) is 0.616. The van der Waals surface area contributed by atoms with Crippen LogP contribution >= 0.6 is 0 Å². The highest BCUT2D eigenvalue weighted by Crippen LogP contribution is 2.15. The number of hydrogen-bond donors (Lipinski definition) is 0. The molecule has 0 unspecified atom stereocenters. The fourth-order valence-corrected chi connectivity index (χ4v) is 0.850. The number of ether oxygens (including phenoxy) is 1. The molecule has 0 amide bonds. The molecule has 1 aromatic carbocycles. The highest BCUT2D eigenvalue weighted by molar-refractivity contribution is 5.49. The Bertz CT molecular complexity index is 339. The van der Waals surface area contributed by atoms with Gasteiger partial charge in [0, 0.05) is 0 Å². The molecular formula is C9H7NO2. The SMILES string of the molecule is Cc1ccc(OC=O)cc1C#N. The summed E-state index contributed by atoms with van der Waals surface area (Å²) in [5, 5.41) is 8.62. The molecule has 0 aromatic heterocycles. The van der Waals surface area contributed by atoms with Crippen molar-refractivity contribution in [3.05, 3.63) is 29.3 Å². The minimum atomic E-state index is 0.339. The number of carbonyl (C=O) groups is 1. The fraction of sp³-hybridized carbons (Fsp3) is 0.111. The van der Waals surface area contributed by atoms with E-state index in [4.69, 9.17) is 5.26 Å². The summed E-state index contributed by atoms with van der Waals surface area (Å²) >= 11 is 0. The molecule has 1 aromatic rings. The van der Waals surface area contributed by atoms with E-state index in [0.717, 1.165) is 5.56 Å². The fourth-order valence-electron chi connectivity index (χ4n) is 0.850. The topological polar surface area (TPSA) is 50.1 Å². The van der Waals surface area contributed by atoms with Crippen LogP contribution in [0.5, 0.6) is 5.75 Å². The molecule has 0 aliphatic carbocycles. The first kappa shape index (κ1) is 8.28. The predicted molar refractivity (Wildman–Crippen MR) is 42.6 cm³/mol. The van der Waals surface area contributed by atoms with Crippen molar-refractivity contribution in [1.29, 1.82) is 5.26 Å². The monoisotopic (exact) mass is 161 g/mol. The Balaban J connectivity index is 3.07.